The van der Waals surface area contributed by atoms with Crippen LogP contribution in [0.25, 0.3) is 0 Å². The quantitative estimate of drug-likeness (QED) is 0.657. The van der Waals surface area contributed by atoms with Gasteiger partial charge in [0.1, 0.15) is 0 Å². The molecule has 3 nitrogen and oxygen atoms in total. The lowest BCUT2D eigenvalue weighted by molar-refractivity contribution is 0.269. The standard InChI is InChI=1S/C10H25NO2P2/c1-7-12-15(11,13-8-2)14(9(3)4)10(5)6/h9-11H,7-8H2,1-6H3. The second-order valence-electron chi connectivity index (χ2n) is 3.92. The molecule has 0 aromatic heterocycles. The Morgan fingerprint density at radius 3 is 1.53 bits per heavy atom. The van der Waals surface area contributed by atoms with Crippen LogP contribution in [-0.4, -0.2) is 24.5 Å². The molecule has 0 amide bonds. The van der Waals surface area contributed by atoms with Gasteiger partial charge in [0, 0.05) is 0 Å². The first-order chi connectivity index (χ1) is 6.89. The average molecular weight is 253 g/mol. The average Bonchev–Trinajstić information content (AvgIpc) is 2.02. The minimum absolute atomic E-state index is 0.490. The number of nitrogens with one attached hydrogen (secondary N) is 1. The first-order valence-electron chi connectivity index (χ1n) is 5.61. The molecule has 0 aliphatic heterocycles. The third kappa shape index (κ3) is 4.53. The molecule has 15 heavy (non-hydrogen) atoms. The van der Waals surface area contributed by atoms with Crippen molar-refractivity contribution in [3.8, 4) is 0 Å². The first kappa shape index (κ1) is 15.6. The maximum Gasteiger partial charge on any atom is 0.231 e. The lowest BCUT2D eigenvalue weighted by Gasteiger charge is -2.35. The minimum atomic E-state index is -2.38. The van der Waals surface area contributed by atoms with Crippen LogP contribution in [0.5, 0.6) is 0 Å². The summed E-state index contributed by atoms with van der Waals surface area (Å²) in [6.07, 6.45) is 0. The molecule has 0 saturated heterocycles. The van der Waals surface area contributed by atoms with Gasteiger partial charge in [0.05, 0.1) is 13.2 Å². The van der Waals surface area contributed by atoms with Gasteiger partial charge in [-0.1, -0.05) is 27.7 Å². The SMILES string of the molecule is CCOP(=N)(OCC)P(C(C)C)C(C)C. The Bertz CT molecular complexity index is 201. The van der Waals surface area contributed by atoms with Gasteiger partial charge in [-0.05, 0) is 32.8 Å². The summed E-state index contributed by atoms with van der Waals surface area (Å²) in [7, 11) is -2.88. The molecule has 0 aliphatic carbocycles. The van der Waals surface area contributed by atoms with Crippen LogP contribution < -0.4 is 0 Å². The highest BCUT2D eigenvalue weighted by atomic mass is 32.1. The van der Waals surface area contributed by atoms with Gasteiger partial charge in [-0.15, -0.1) is 0 Å². The summed E-state index contributed by atoms with van der Waals surface area (Å²) in [5.41, 5.74) is 0.980. The lowest BCUT2D eigenvalue weighted by atomic mass is 10.5. The van der Waals surface area contributed by atoms with E-state index in [0.29, 0.717) is 24.5 Å². The fourth-order valence-corrected chi connectivity index (χ4v) is 10.3. The van der Waals surface area contributed by atoms with Gasteiger partial charge < -0.3 is 9.05 Å². The summed E-state index contributed by atoms with van der Waals surface area (Å²) in [6.45, 7) is 13.7. The molecule has 0 rings (SSSR count). The Hall–Kier alpha value is 0.580. The molecule has 0 fully saturated rings. The molecule has 92 valence electrons. The van der Waals surface area contributed by atoms with Gasteiger partial charge in [0.25, 0.3) is 0 Å². The van der Waals surface area contributed by atoms with Crippen molar-refractivity contribution in [2.45, 2.75) is 52.9 Å². The summed E-state index contributed by atoms with van der Waals surface area (Å²) in [4.78, 5) is 0. The van der Waals surface area contributed by atoms with Gasteiger partial charge >= 0.3 is 0 Å². The number of hydrogen-bond acceptors (Lipinski definition) is 3. The third-order valence-electron chi connectivity index (χ3n) is 1.97. The van der Waals surface area contributed by atoms with E-state index in [-0.39, 0.29) is 0 Å². The molecule has 5 heteroatoms. The van der Waals surface area contributed by atoms with E-state index in [1.165, 1.54) is 0 Å². The van der Waals surface area contributed by atoms with Gasteiger partial charge in [-0.2, -0.15) is 0 Å². The molecule has 0 heterocycles. The zero-order chi connectivity index (χ0) is 12.1. The van der Waals surface area contributed by atoms with E-state index in [9.17, 15) is 0 Å². The van der Waals surface area contributed by atoms with Crippen molar-refractivity contribution in [2.24, 2.45) is 0 Å². The van der Waals surface area contributed by atoms with E-state index in [1.54, 1.807) is 0 Å². The van der Waals surface area contributed by atoms with Gasteiger partial charge in [-0.25, -0.2) is 0 Å². The van der Waals surface area contributed by atoms with E-state index < -0.39 is 14.8 Å². The van der Waals surface area contributed by atoms with E-state index in [4.69, 9.17) is 14.2 Å². The molecule has 0 unspecified atom stereocenters. The Morgan fingerprint density at radius 1 is 1.00 bits per heavy atom. The summed E-state index contributed by atoms with van der Waals surface area (Å²) in [5.74, 6) is 0. The molecule has 0 bridgehead atoms. The zero-order valence-corrected chi connectivity index (χ0v) is 12.6. The van der Waals surface area contributed by atoms with E-state index in [2.05, 4.69) is 27.7 Å². The van der Waals surface area contributed by atoms with Crippen molar-refractivity contribution >= 4 is 14.8 Å². The topological polar surface area (TPSA) is 42.3 Å². The Balaban J connectivity index is 4.91. The molecule has 0 aliphatic rings. The van der Waals surface area contributed by atoms with Crippen LogP contribution in [0.15, 0.2) is 0 Å². The predicted molar refractivity (Wildman–Crippen MR) is 70.1 cm³/mol. The highest BCUT2D eigenvalue weighted by Crippen LogP contribution is 2.81. The monoisotopic (exact) mass is 253 g/mol. The number of hydrogen-bond donors (Lipinski definition) is 1. The largest absolute Gasteiger partial charge is 0.321 e. The van der Waals surface area contributed by atoms with Crippen LogP contribution in [-0.2, 0) is 9.05 Å². The third-order valence-corrected chi connectivity index (χ3v) is 11.2. The van der Waals surface area contributed by atoms with Crippen LogP contribution in [0.2, 0.25) is 0 Å². The van der Waals surface area contributed by atoms with E-state index >= 15 is 0 Å². The molecule has 1 N–H and O–H groups in total. The van der Waals surface area contributed by atoms with Crippen LogP contribution in [0, 0.1) is 5.16 Å². The van der Waals surface area contributed by atoms with Crippen LogP contribution in [0.3, 0.4) is 0 Å². The molecule has 0 radical (unpaired) electrons. The van der Waals surface area contributed by atoms with Crippen molar-refractivity contribution in [2.75, 3.05) is 13.2 Å². The van der Waals surface area contributed by atoms with Gasteiger partial charge in [0.2, 0.25) is 7.20 Å². The zero-order valence-electron chi connectivity index (χ0n) is 10.8. The first-order valence-corrected chi connectivity index (χ1v) is 9.42. The molecular formula is C10H25NO2P2. The highest BCUT2D eigenvalue weighted by molar-refractivity contribution is 8.29. The van der Waals surface area contributed by atoms with Crippen molar-refractivity contribution in [3.05, 3.63) is 0 Å². The fraction of sp³-hybridized carbons (Fsp3) is 1.00. The molecule has 0 atom stereocenters. The van der Waals surface area contributed by atoms with Crippen molar-refractivity contribution in [1.29, 1.82) is 5.16 Å². The van der Waals surface area contributed by atoms with Crippen molar-refractivity contribution < 1.29 is 9.05 Å². The second-order valence-corrected chi connectivity index (χ2v) is 11.3. The predicted octanol–water partition coefficient (Wildman–Crippen LogP) is 4.88. The maximum absolute atomic E-state index is 8.43. The number of rotatable bonds is 7. The smallest absolute Gasteiger partial charge is 0.231 e. The minimum Gasteiger partial charge on any atom is -0.321 e. The summed E-state index contributed by atoms with van der Waals surface area (Å²) in [6, 6.07) is 0. The Labute approximate surface area is 95.6 Å². The Morgan fingerprint density at radius 2 is 1.33 bits per heavy atom. The second kappa shape index (κ2) is 7.01. The van der Waals surface area contributed by atoms with Gasteiger partial charge in [-0.3, -0.25) is 5.16 Å². The summed E-state index contributed by atoms with van der Waals surface area (Å²) >= 11 is 0. The molecule has 0 saturated carbocycles. The molecular weight excluding hydrogens is 228 g/mol. The summed E-state index contributed by atoms with van der Waals surface area (Å²) < 4.78 is 11.3. The van der Waals surface area contributed by atoms with Crippen molar-refractivity contribution in [3.63, 3.8) is 0 Å². The van der Waals surface area contributed by atoms with Crippen molar-refractivity contribution in [1.82, 2.24) is 0 Å². The molecule has 0 aromatic rings. The molecule has 0 aromatic carbocycles. The van der Waals surface area contributed by atoms with E-state index in [0.717, 1.165) is 0 Å². The van der Waals surface area contributed by atoms with Crippen LogP contribution in [0.4, 0.5) is 0 Å². The van der Waals surface area contributed by atoms with Crippen LogP contribution >= 0.6 is 14.8 Å². The van der Waals surface area contributed by atoms with E-state index in [1.807, 2.05) is 13.8 Å². The summed E-state index contributed by atoms with van der Waals surface area (Å²) in [5, 5.41) is 8.43. The lowest BCUT2D eigenvalue weighted by Crippen LogP contribution is -2.07. The fourth-order valence-electron chi connectivity index (χ4n) is 1.72. The maximum atomic E-state index is 8.43. The Kier molecular flexibility index (Phi) is 7.28. The van der Waals surface area contributed by atoms with Crippen LogP contribution in [0.1, 0.15) is 41.5 Å². The van der Waals surface area contributed by atoms with Gasteiger partial charge in [0.15, 0.2) is 0 Å². The molecule has 0 spiro atoms. The highest BCUT2D eigenvalue weighted by Gasteiger charge is 2.35. The normalized spacial score (nSPS) is 13.1.